The molecule has 88 valence electrons. The van der Waals surface area contributed by atoms with E-state index in [1.54, 1.807) is 0 Å². The molecule has 1 aromatic carbocycles. The van der Waals surface area contributed by atoms with E-state index in [1.807, 2.05) is 7.05 Å². The monoisotopic (exact) mass is 282 g/mol. The fourth-order valence-electron chi connectivity index (χ4n) is 2.00. The molecule has 0 radical (unpaired) electrons. The average Bonchev–Trinajstić information content (AvgIpc) is 3.11. The zero-order chi connectivity index (χ0) is 11.7. The second-order valence-electron chi connectivity index (χ2n) is 4.56. The molecule has 0 heterocycles. The Morgan fingerprint density at radius 1 is 1.44 bits per heavy atom. The SMILES string of the molecule is CNC(C)c1ccc(Br)cc1N(C)C1CC1. The lowest BCUT2D eigenvalue weighted by Gasteiger charge is -2.25. The van der Waals surface area contributed by atoms with Crippen LogP contribution in [0.3, 0.4) is 0 Å². The van der Waals surface area contributed by atoms with Gasteiger partial charge >= 0.3 is 0 Å². The molecule has 2 rings (SSSR count). The smallest absolute Gasteiger partial charge is 0.0425 e. The fraction of sp³-hybridized carbons (Fsp3) is 0.538. The molecule has 1 unspecified atom stereocenters. The maximum Gasteiger partial charge on any atom is 0.0425 e. The van der Waals surface area contributed by atoms with Crippen molar-refractivity contribution in [1.29, 1.82) is 0 Å². The minimum Gasteiger partial charge on any atom is -0.371 e. The third-order valence-corrected chi connectivity index (χ3v) is 3.86. The van der Waals surface area contributed by atoms with Gasteiger partial charge in [0.1, 0.15) is 0 Å². The lowest BCUT2D eigenvalue weighted by molar-refractivity contribution is 0.649. The van der Waals surface area contributed by atoms with Crippen LogP contribution in [0.4, 0.5) is 5.69 Å². The summed E-state index contributed by atoms with van der Waals surface area (Å²) in [6.07, 6.45) is 2.66. The first-order chi connectivity index (χ1) is 7.63. The third kappa shape index (κ3) is 2.41. The van der Waals surface area contributed by atoms with Gasteiger partial charge in [-0.05, 0) is 44.5 Å². The van der Waals surface area contributed by atoms with Gasteiger partial charge in [0.05, 0.1) is 0 Å². The van der Waals surface area contributed by atoms with Crippen molar-refractivity contribution >= 4 is 21.6 Å². The van der Waals surface area contributed by atoms with E-state index in [1.165, 1.54) is 24.1 Å². The van der Waals surface area contributed by atoms with Crippen LogP contribution in [0.1, 0.15) is 31.4 Å². The van der Waals surface area contributed by atoms with Crippen LogP contribution in [-0.4, -0.2) is 20.1 Å². The largest absolute Gasteiger partial charge is 0.371 e. The zero-order valence-electron chi connectivity index (χ0n) is 10.1. The summed E-state index contributed by atoms with van der Waals surface area (Å²) in [4.78, 5) is 2.41. The molecule has 1 fully saturated rings. The van der Waals surface area contributed by atoms with Crippen molar-refractivity contribution in [2.24, 2.45) is 0 Å². The molecule has 0 amide bonds. The highest BCUT2D eigenvalue weighted by molar-refractivity contribution is 9.10. The van der Waals surface area contributed by atoms with E-state index in [0.717, 1.165) is 10.5 Å². The van der Waals surface area contributed by atoms with Gasteiger partial charge in [-0.2, -0.15) is 0 Å². The molecule has 1 aliphatic rings. The van der Waals surface area contributed by atoms with Gasteiger partial charge in [-0.25, -0.2) is 0 Å². The fourth-order valence-corrected chi connectivity index (χ4v) is 2.35. The summed E-state index contributed by atoms with van der Waals surface area (Å²) >= 11 is 3.56. The maximum atomic E-state index is 3.56. The maximum absolute atomic E-state index is 3.56. The molecule has 1 N–H and O–H groups in total. The van der Waals surface area contributed by atoms with Crippen molar-refractivity contribution in [2.75, 3.05) is 19.0 Å². The molecule has 16 heavy (non-hydrogen) atoms. The Balaban J connectivity index is 2.35. The number of hydrogen-bond acceptors (Lipinski definition) is 2. The summed E-state index contributed by atoms with van der Waals surface area (Å²) in [6, 6.07) is 7.69. The van der Waals surface area contributed by atoms with Crippen LogP contribution >= 0.6 is 15.9 Å². The molecule has 1 aliphatic carbocycles. The number of rotatable bonds is 4. The van der Waals surface area contributed by atoms with E-state index in [4.69, 9.17) is 0 Å². The van der Waals surface area contributed by atoms with E-state index in [9.17, 15) is 0 Å². The molecule has 3 heteroatoms. The topological polar surface area (TPSA) is 15.3 Å². The van der Waals surface area contributed by atoms with Crippen molar-refractivity contribution in [1.82, 2.24) is 5.32 Å². The van der Waals surface area contributed by atoms with Crippen LogP contribution in [0, 0.1) is 0 Å². The predicted octanol–water partition coefficient (Wildman–Crippen LogP) is 3.33. The number of anilines is 1. The first-order valence-corrected chi connectivity index (χ1v) is 6.62. The molecular weight excluding hydrogens is 264 g/mol. The van der Waals surface area contributed by atoms with Gasteiger partial charge in [0.25, 0.3) is 0 Å². The van der Waals surface area contributed by atoms with E-state index in [-0.39, 0.29) is 0 Å². The van der Waals surface area contributed by atoms with Crippen LogP contribution in [0.25, 0.3) is 0 Å². The molecule has 0 aromatic heterocycles. The Morgan fingerprint density at radius 2 is 2.12 bits per heavy atom. The van der Waals surface area contributed by atoms with Crippen LogP contribution in [0.5, 0.6) is 0 Å². The van der Waals surface area contributed by atoms with Gasteiger partial charge in [0.2, 0.25) is 0 Å². The van der Waals surface area contributed by atoms with Gasteiger partial charge in [0, 0.05) is 29.3 Å². The third-order valence-electron chi connectivity index (χ3n) is 3.37. The molecule has 0 saturated heterocycles. The van der Waals surface area contributed by atoms with Crippen LogP contribution < -0.4 is 10.2 Å². The minimum absolute atomic E-state index is 0.393. The molecule has 2 nitrogen and oxygen atoms in total. The van der Waals surface area contributed by atoms with Gasteiger partial charge in [0.15, 0.2) is 0 Å². The van der Waals surface area contributed by atoms with Crippen molar-refractivity contribution in [2.45, 2.75) is 31.8 Å². The predicted molar refractivity (Wildman–Crippen MR) is 73.0 cm³/mol. The highest BCUT2D eigenvalue weighted by atomic mass is 79.9. The number of hydrogen-bond donors (Lipinski definition) is 1. The van der Waals surface area contributed by atoms with Crippen molar-refractivity contribution in [3.8, 4) is 0 Å². The molecule has 0 aliphatic heterocycles. The standard InChI is InChI=1S/C13H19BrN2/c1-9(15-2)12-7-4-10(14)8-13(12)16(3)11-5-6-11/h4,7-9,11,15H,5-6H2,1-3H3. The highest BCUT2D eigenvalue weighted by Gasteiger charge is 2.28. The van der Waals surface area contributed by atoms with Crippen LogP contribution in [0.15, 0.2) is 22.7 Å². The molecule has 0 spiro atoms. The summed E-state index contributed by atoms with van der Waals surface area (Å²) in [5.74, 6) is 0. The summed E-state index contributed by atoms with van der Waals surface area (Å²) < 4.78 is 1.15. The quantitative estimate of drug-likeness (QED) is 0.911. The summed E-state index contributed by atoms with van der Waals surface area (Å²) in [7, 11) is 4.21. The number of nitrogens with zero attached hydrogens (tertiary/aromatic N) is 1. The lowest BCUT2D eigenvalue weighted by atomic mass is 10.1. The van der Waals surface area contributed by atoms with Gasteiger partial charge in [-0.3, -0.25) is 0 Å². The van der Waals surface area contributed by atoms with Crippen molar-refractivity contribution in [3.63, 3.8) is 0 Å². The Hall–Kier alpha value is -0.540. The molecule has 1 aromatic rings. The number of nitrogens with one attached hydrogen (secondary N) is 1. The minimum atomic E-state index is 0.393. The van der Waals surface area contributed by atoms with E-state index in [0.29, 0.717) is 6.04 Å². The Kier molecular flexibility index (Phi) is 3.55. The highest BCUT2D eigenvalue weighted by Crippen LogP contribution is 2.35. The lowest BCUT2D eigenvalue weighted by Crippen LogP contribution is -2.23. The number of benzene rings is 1. The molecule has 0 bridgehead atoms. The van der Waals surface area contributed by atoms with Crippen LogP contribution in [-0.2, 0) is 0 Å². The van der Waals surface area contributed by atoms with Gasteiger partial charge in [-0.1, -0.05) is 22.0 Å². The molecular formula is C13H19BrN2. The van der Waals surface area contributed by atoms with E-state index < -0.39 is 0 Å². The van der Waals surface area contributed by atoms with E-state index in [2.05, 4.69) is 58.3 Å². The van der Waals surface area contributed by atoms with Crippen LogP contribution in [0.2, 0.25) is 0 Å². The van der Waals surface area contributed by atoms with Crippen molar-refractivity contribution in [3.05, 3.63) is 28.2 Å². The molecule has 1 atom stereocenters. The summed E-state index contributed by atoms with van der Waals surface area (Å²) in [5, 5.41) is 3.31. The second kappa shape index (κ2) is 4.76. The Bertz CT molecular complexity index is 374. The Labute approximate surface area is 106 Å². The number of halogens is 1. The Morgan fingerprint density at radius 3 is 2.69 bits per heavy atom. The zero-order valence-corrected chi connectivity index (χ0v) is 11.7. The summed E-state index contributed by atoms with van der Waals surface area (Å²) in [6.45, 7) is 2.20. The first-order valence-electron chi connectivity index (χ1n) is 5.83. The second-order valence-corrected chi connectivity index (χ2v) is 5.47. The van der Waals surface area contributed by atoms with Crippen molar-refractivity contribution < 1.29 is 0 Å². The van der Waals surface area contributed by atoms with Gasteiger partial charge < -0.3 is 10.2 Å². The van der Waals surface area contributed by atoms with E-state index >= 15 is 0 Å². The molecule has 1 saturated carbocycles. The summed E-state index contributed by atoms with van der Waals surface area (Å²) in [5.41, 5.74) is 2.72. The average molecular weight is 283 g/mol. The van der Waals surface area contributed by atoms with Gasteiger partial charge in [-0.15, -0.1) is 0 Å². The normalized spacial score (nSPS) is 17.2. The first kappa shape index (κ1) is 11.9.